The second-order valence-corrected chi connectivity index (χ2v) is 9.17. The van der Waals surface area contributed by atoms with Crippen LogP contribution in [0, 0.1) is 0 Å². The van der Waals surface area contributed by atoms with Crippen LogP contribution in [0.1, 0.15) is 77.8 Å². The third kappa shape index (κ3) is 4.72. The lowest BCUT2D eigenvalue weighted by molar-refractivity contribution is 0.131. The summed E-state index contributed by atoms with van der Waals surface area (Å²) in [4.78, 5) is 12.9. The van der Waals surface area contributed by atoms with Gasteiger partial charge in [0.2, 0.25) is 0 Å². The van der Waals surface area contributed by atoms with E-state index in [-0.39, 0.29) is 11.2 Å². The Morgan fingerprint density at radius 3 is 2.31 bits per heavy atom. The number of ether oxygens (including phenoxy) is 1. The topological polar surface area (TPSA) is 39.4 Å². The van der Waals surface area contributed by atoms with Crippen molar-refractivity contribution in [3.63, 3.8) is 0 Å². The molecule has 0 spiro atoms. The SMILES string of the molecule is CCC(C)c1ccc(-c2cc3ccc(OC(C)(C)C)cc3oc2=O)c(C(C)C)c1. The van der Waals surface area contributed by atoms with E-state index < -0.39 is 0 Å². The van der Waals surface area contributed by atoms with E-state index in [2.05, 4.69) is 45.9 Å². The summed E-state index contributed by atoms with van der Waals surface area (Å²) in [6.45, 7) is 14.7. The van der Waals surface area contributed by atoms with Gasteiger partial charge < -0.3 is 9.15 Å². The zero-order valence-corrected chi connectivity index (χ0v) is 18.6. The molecule has 154 valence electrons. The van der Waals surface area contributed by atoms with Crippen molar-refractivity contribution in [1.29, 1.82) is 0 Å². The first-order valence-electron chi connectivity index (χ1n) is 10.5. The fourth-order valence-electron chi connectivity index (χ4n) is 3.54. The molecule has 0 aliphatic heterocycles. The third-order valence-electron chi connectivity index (χ3n) is 5.30. The van der Waals surface area contributed by atoms with Gasteiger partial charge in [-0.3, -0.25) is 0 Å². The Bertz CT molecular complexity index is 1070. The summed E-state index contributed by atoms with van der Waals surface area (Å²) < 4.78 is 11.6. The third-order valence-corrected chi connectivity index (χ3v) is 5.30. The van der Waals surface area contributed by atoms with Gasteiger partial charge in [-0.05, 0) is 73.9 Å². The van der Waals surface area contributed by atoms with Crippen LogP contribution in [0.4, 0.5) is 0 Å². The zero-order valence-electron chi connectivity index (χ0n) is 18.6. The van der Waals surface area contributed by atoms with Crippen molar-refractivity contribution >= 4 is 11.0 Å². The Morgan fingerprint density at radius 1 is 0.966 bits per heavy atom. The van der Waals surface area contributed by atoms with E-state index in [1.165, 1.54) is 11.1 Å². The van der Waals surface area contributed by atoms with Crippen LogP contribution >= 0.6 is 0 Å². The lowest BCUT2D eigenvalue weighted by Crippen LogP contribution is -2.22. The summed E-state index contributed by atoms with van der Waals surface area (Å²) in [6.07, 6.45) is 1.09. The lowest BCUT2D eigenvalue weighted by atomic mass is 9.88. The van der Waals surface area contributed by atoms with Crippen molar-refractivity contribution in [3.8, 4) is 16.9 Å². The van der Waals surface area contributed by atoms with Gasteiger partial charge in [-0.25, -0.2) is 4.79 Å². The fourth-order valence-corrected chi connectivity index (χ4v) is 3.54. The second kappa shape index (κ2) is 8.06. The van der Waals surface area contributed by atoms with Crippen LogP contribution < -0.4 is 10.4 Å². The number of rotatable bonds is 5. The quantitative estimate of drug-likeness (QED) is 0.428. The molecule has 0 fully saturated rings. The number of hydrogen-bond donors (Lipinski definition) is 0. The minimum absolute atomic E-state index is 0.308. The molecular formula is C26H32O3. The van der Waals surface area contributed by atoms with E-state index >= 15 is 0 Å². The molecule has 0 amide bonds. The minimum Gasteiger partial charge on any atom is -0.488 e. The minimum atomic E-state index is -0.316. The van der Waals surface area contributed by atoms with Gasteiger partial charge in [-0.15, -0.1) is 0 Å². The highest BCUT2D eigenvalue weighted by molar-refractivity contribution is 5.83. The first kappa shape index (κ1) is 21.2. The molecule has 29 heavy (non-hydrogen) atoms. The van der Waals surface area contributed by atoms with Gasteiger partial charge in [-0.1, -0.05) is 45.9 Å². The Kier molecular flexibility index (Phi) is 5.88. The zero-order chi connectivity index (χ0) is 21.3. The van der Waals surface area contributed by atoms with Crippen LogP contribution in [-0.2, 0) is 0 Å². The molecule has 1 atom stereocenters. The largest absolute Gasteiger partial charge is 0.488 e. The van der Waals surface area contributed by atoms with Crippen LogP contribution in [-0.4, -0.2) is 5.60 Å². The summed E-state index contributed by atoms with van der Waals surface area (Å²) in [5, 5.41) is 0.890. The van der Waals surface area contributed by atoms with Gasteiger partial charge >= 0.3 is 5.63 Å². The van der Waals surface area contributed by atoms with E-state index in [1.807, 2.05) is 39.0 Å². The highest BCUT2D eigenvalue weighted by Crippen LogP contribution is 2.33. The molecule has 3 heteroatoms. The van der Waals surface area contributed by atoms with Crippen LogP contribution in [0.5, 0.6) is 5.75 Å². The lowest BCUT2D eigenvalue weighted by Gasteiger charge is -2.21. The van der Waals surface area contributed by atoms with E-state index in [1.54, 1.807) is 6.07 Å². The average molecular weight is 393 g/mol. The van der Waals surface area contributed by atoms with Crippen LogP contribution in [0.3, 0.4) is 0 Å². The fraction of sp³-hybridized carbons (Fsp3) is 0.423. The average Bonchev–Trinajstić information content (AvgIpc) is 2.65. The van der Waals surface area contributed by atoms with Gasteiger partial charge in [0, 0.05) is 11.5 Å². The summed E-state index contributed by atoms with van der Waals surface area (Å²) in [6, 6.07) is 14.1. The Hall–Kier alpha value is -2.55. The van der Waals surface area contributed by atoms with Crippen molar-refractivity contribution in [1.82, 2.24) is 0 Å². The van der Waals surface area contributed by atoms with Crippen LogP contribution in [0.25, 0.3) is 22.1 Å². The standard InChI is InChI=1S/C26H32O3/c1-8-17(4)18-10-12-21(22(13-18)16(2)3)23-14-19-9-11-20(29-26(5,6)7)15-24(19)28-25(23)27/h9-17H,8H2,1-7H3. The molecule has 0 bridgehead atoms. The molecule has 1 unspecified atom stereocenters. The first-order valence-corrected chi connectivity index (χ1v) is 10.5. The summed E-state index contributed by atoms with van der Waals surface area (Å²) >= 11 is 0. The predicted octanol–water partition coefficient (Wildman–Crippen LogP) is 7.27. The molecule has 2 aromatic carbocycles. The molecule has 3 aromatic rings. The van der Waals surface area contributed by atoms with Crippen molar-refractivity contribution in [2.75, 3.05) is 0 Å². The molecule has 3 nitrogen and oxygen atoms in total. The highest BCUT2D eigenvalue weighted by atomic mass is 16.5. The van der Waals surface area contributed by atoms with Gasteiger partial charge in [0.25, 0.3) is 0 Å². The van der Waals surface area contributed by atoms with E-state index in [9.17, 15) is 4.79 Å². The Morgan fingerprint density at radius 2 is 1.69 bits per heavy atom. The Balaban J connectivity index is 2.11. The molecule has 0 radical (unpaired) electrons. The van der Waals surface area contributed by atoms with Gasteiger partial charge in [-0.2, -0.15) is 0 Å². The number of benzene rings is 2. The molecule has 0 saturated carbocycles. The molecule has 0 saturated heterocycles. The normalized spacial score (nSPS) is 13.1. The molecular weight excluding hydrogens is 360 g/mol. The molecule has 1 aromatic heterocycles. The smallest absolute Gasteiger partial charge is 0.344 e. The molecule has 1 heterocycles. The highest BCUT2D eigenvalue weighted by Gasteiger charge is 2.17. The summed E-state index contributed by atoms with van der Waals surface area (Å²) in [5.74, 6) is 1.50. The summed E-state index contributed by atoms with van der Waals surface area (Å²) in [7, 11) is 0. The van der Waals surface area contributed by atoms with Crippen molar-refractivity contribution < 1.29 is 9.15 Å². The van der Waals surface area contributed by atoms with E-state index in [0.717, 1.165) is 17.4 Å². The maximum absolute atomic E-state index is 12.9. The van der Waals surface area contributed by atoms with Gasteiger partial charge in [0.15, 0.2) is 0 Å². The first-order chi connectivity index (χ1) is 13.6. The maximum Gasteiger partial charge on any atom is 0.344 e. The molecule has 0 aliphatic carbocycles. The van der Waals surface area contributed by atoms with Gasteiger partial charge in [0.05, 0.1) is 5.56 Å². The number of hydrogen-bond acceptors (Lipinski definition) is 3. The van der Waals surface area contributed by atoms with Crippen LogP contribution in [0.2, 0.25) is 0 Å². The monoisotopic (exact) mass is 392 g/mol. The second-order valence-electron chi connectivity index (χ2n) is 9.17. The van der Waals surface area contributed by atoms with Crippen molar-refractivity contribution in [2.45, 2.75) is 72.3 Å². The van der Waals surface area contributed by atoms with Crippen molar-refractivity contribution in [2.24, 2.45) is 0 Å². The maximum atomic E-state index is 12.9. The predicted molar refractivity (Wildman–Crippen MR) is 121 cm³/mol. The summed E-state index contributed by atoms with van der Waals surface area (Å²) in [5.41, 5.74) is 3.99. The van der Waals surface area contributed by atoms with Gasteiger partial charge in [0.1, 0.15) is 16.9 Å². The molecule has 3 rings (SSSR count). The number of fused-ring (bicyclic) bond motifs is 1. The van der Waals surface area contributed by atoms with E-state index in [0.29, 0.717) is 28.7 Å². The molecule has 0 aliphatic rings. The molecule has 0 N–H and O–H groups in total. The van der Waals surface area contributed by atoms with Crippen molar-refractivity contribution in [3.05, 3.63) is 64.0 Å². The Labute approximate surface area is 173 Å². The van der Waals surface area contributed by atoms with E-state index in [4.69, 9.17) is 9.15 Å². The van der Waals surface area contributed by atoms with Crippen LogP contribution in [0.15, 0.2) is 51.7 Å².